The summed E-state index contributed by atoms with van der Waals surface area (Å²) in [4.78, 5) is 0. The smallest absolute Gasteiger partial charge is 0.392 e. The topological polar surface area (TPSA) is 53.5 Å². The minimum atomic E-state index is -4.41. The molecule has 0 saturated carbocycles. The van der Waals surface area contributed by atoms with Gasteiger partial charge in [-0.05, 0) is 54.8 Å². The fraction of sp³-hybridized carbons (Fsp3) is 0.429. The van der Waals surface area contributed by atoms with Gasteiger partial charge in [0.15, 0.2) is 0 Å². The first kappa shape index (κ1) is 22.2. The molecule has 7 heteroatoms. The third kappa shape index (κ3) is 8.29. The van der Waals surface area contributed by atoms with Crippen LogP contribution in [0.3, 0.4) is 0 Å². The average molecular weight is 396 g/mol. The third-order valence-corrected chi connectivity index (χ3v) is 4.13. The SMILES string of the molecule is OCc1cc(CNCCCCOCCNc2ccccc2)cc(C(F)(F)F)c1. The molecule has 0 atom stereocenters. The molecule has 0 radical (unpaired) electrons. The van der Waals surface area contributed by atoms with Gasteiger partial charge in [-0.3, -0.25) is 0 Å². The molecule has 0 aliphatic heterocycles. The van der Waals surface area contributed by atoms with E-state index in [1.807, 2.05) is 30.3 Å². The maximum absolute atomic E-state index is 12.9. The van der Waals surface area contributed by atoms with E-state index in [1.54, 1.807) is 6.07 Å². The summed E-state index contributed by atoms with van der Waals surface area (Å²) in [6.45, 7) is 2.63. The van der Waals surface area contributed by atoms with E-state index in [1.165, 1.54) is 0 Å². The molecule has 3 N–H and O–H groups in total. The molecule has 0 heterocycles. The Morgan fingerprint density at radius 1 is 0.893 bits per heavy atom. The van der Waals surface area contributed by atoms with Crippen LogP contribution in [-0.4, -0.2) is 31.4 Å². The van der Waals surface area contributed by atoms with Crippen LogP contribution in [-0.2, 0) is 24.1 Å². The minimum absolute atomic E-state index is 0.268. The summed E-state index contributed by atoms with van der Waals surface area (Å²) >= 11 is 0. The highest BCUT2D eigenvalue weighted by molar-refractivity contribution is 5.42. The lowest BCUT2D eigenvalue weighted by molar-refractivity contribution is -0.137. The van der Waals surface area contributed by atoms with Gasteiger partial charge in [-0.2, -0.15) is 13.2 Å². The number of anilines is 1. The Morgan fingerprint density at radius 2 is 1.64 bits per heavy atom. The van der Waals surface area contributed by atoms with Gasteiger partial charge >= 0.3 is 6.18 Å². The molecule has 154 valence electrons. The lowest BCUT2D eigenvalue weighted by atomic mass is 10.1. The summed E-state index contributed by atoms with van der Waals surface area (Å²) in [5, 5.41) is 15.5. The Morgan fingerprint density at radius 3 is 2.36 bits per heavy atom. The Balaban J connectivity index is 1.55. The van der Waals surface area contributed by atoms with Gasteiger partial charge in [-0.15, -0.1) is 0 Å². The van der Waals surface area contributed by atoms with Gasteiger partial charge in [0.05, 0.1) is 18.8 Å². The van der Waals surface area contributed by atoms with Crippen molar-refractivity contribution in [1.29, 1.82) is 0 Å². The summed E-state index contributed by atoms with van der Waals surface area (Å²) in [5.41, 5.74) is 1.12. The number of benzene rings is 2. The summed E-state index contributed by atoms with van der Waals surface area (Å²) in [7, 11) is 0. The maximum Gasteiger partial charge on any atom is 0.416 e. The van der Waals surface area contributed by atoms with E-state index in [-0.39, 0.29) is 5.56 Å². The molecule has 0 unspecified atom stereocenters. The number of unbranched alkanes of at least 4 members (excludes halogenated alkanes) is 1. The third-order valence-electron chi connectivity index (χ3n) is 4.13. The number of nitrogens with one attached hydrogen (secondary N) is 2. The van der Waals surface area contributed by atoms with Crippen LogP contribution in [0.25, 0.3) is 0 Å². The minimum Gasteiger partial charge on any atom is -0.392 e. The van der Waals surface area contributed by atoms with Crippen molar-refractivity contribution in [2.24, 2.45) is 0 Å². The first-order valence-corrected chi connectivity index (χ1v) is 9.37. The summed E-state index contributed by atoms with van der Waals surface area (Å²) in [6, 6.07) is 13.6. The molecule has 0 aromatic heterocycles. The van der Waals surface area contributed by atoms with Gasteiger partial charge < -0.3 is 20.5 Å². The van der Waals surface area contributed by atoms with E-state index in [4.69, 9.17) is 9.84 Å². The van der Waals surface area contributed by atoms with Crippen LogP contribution in [0, 0.1) is 0 Å². The maximum atomic E-state index is 12.9. The predicted octanol–water partition coefficient (Wildman–Crippen LogP) is 4.20. The number of hydrogen-bond donors (Lipinski definition) is 3. The predicted molar refractivity (Wildman–Crippen MR) is 104 cm³/mol. The summed E-state index contributed by atoms with van der Waals surface area (Å²) in [6.07, 6.45) is -2.66. The number of aliphatic hydroxyl groups is 1. The van der Waals surface area contributed by atoms with E-state index in [0.717, 1.165) is 37.2 Å². The van der Waals surface area contributed by atoms with E-state index >= 15 is 0 Å². The molecule has 0 fully saturated rings. The fourth-order valence-corrected chi connectivity index (χ4v) is 2.73. The first-order valence-electron chi connectivity index (χ1n) is 9.37. The molecule has 4 nitrogen and oxygen atoms in total. The molecule has 0 aliphatic carbocycles. The van der Waals surface area contributed by atoms with Crippen LogP contribution in [0.2, 0.25) is 0 Å². The van der Waals surface area contributed by atoms with Gasteiger partial charge in [0.1, 0.15) is 0 Å². The van der Waals surface area contributed by atoms with E-state index in [0.29, 0.717) is 31.9 Å². The quantitative estimate of drug-likeness (QED) is 0.471. The lowest BCUT2D eigenvalue weighted by Gasteiger charge is -2.12. The van der Waals surface area contributed by atoms with Crippen molar-refractivity contribution >= 4 is 5.69 Å². The van der Waals surface area contributed by atoms with Gasteiger partial charge in [-0.1, -0.05) is 24.3 Å². The van der Waals surface area contributed by atoms with Crippen LogP contribution in [0.5, 0.6) is 0 Å². The molecular formula is C21H27F3N2O2. The molecule has 0 amide bonds. The van der Waals surface area contributed by atoms with Crippen LogP contribution in [0.1, 0.15) is 29.5 Å². The number of aliphatic hydroxyl groups excluding tert-OH is 1. The molecule has 2 aromatic carbocycles. The number of rotatable bonds is 12. The van der Waals surface area contributed by atoms with Crippen LogP contribution >= 0.6 is 0 Å². The number of ether oxygens (including phenoxy) is 1. The Hall–Kier alpha value is -2.09. The Kier molecular flexibility index (Phi) is 9.27. The van der Waals surface area contributed by atoms with Gasteiger partial charge in [0.2, 0.25) is 0 Å². The number of alkyl halides is 3. The largest absolute Gasteiger partial charge is 0.416 e. The average Bonchev–Trinajstić information content (AvgIpc) is 2.69. The Labute approximate surface area is 163 Å². The summed E-state index contributed by atoms with van der Waals surface area (Å²) in [5.74, 6) is 0. The van der Waals surface area contributed by atoms with Crippen molar-refractivity contribution in [2.45, 2.75) is 32.2 Å². The molecule has 2 rings (SSSR count). The second-order valence-corrected chi connectivity index (χ2v) is 6.48. The molecule has 0 saturated heterocycles. The van der Waals surface area contributed by atoms with Crippen LogP contribution < -0.4 is 10.6 Å². The number of halogens is 3. The lowest BCUT2D eigenvalue weighted by Crippen LogP contribution is -2.17. The molecule has 28 heavy (non-hydrogen) atoms. The van der Waals surface area contributed by atoms with E-state index in [9.17, 15) is 13.2 Å². The van der Waals surface area contributed by atoms with E-state index in [2.05, 4.69) is 10.6 Å². The standard InChI is InChI=1S/C21H27F3N2O2/c22-21(23,24)19-13-17(12-18(14-19)16-27)15-25-8-4-5-10-28-11-9-26-20-6-2-1-3-7-20/h1-3,6-7,12-14,25-27H,4-5,8-11,15-16H2. The molecule has 0 spiro atoms. The zero-order valence-electron chi connectivity index (χ0n) is 15.8. The van der Waals surface area contributed by atoms with Gasteiger partial charge in [0, 0.05) is 25.4 Å². The molecular weight excluding hydrogens is 369 g/mol. The second kappa shape index (κ2) is 11.7. The fourth-order valence-electron chi connectivity index (χ4n) is 2.73. The highest BCUT2D eigenvalue weighted by atomic mass is 19.4. The van der Waals surface area contributed by atoms with Crippen molar-refractivity contribution < 1.29 is 23.0 Å². The van der Waals surface area contributed by atoms with Crippen LogP contribution in [0.15, 0.2) is 48.5 Å². The highest BCUT2D eigenvalue weighted by Crippen LogP contribution is 2.30. The number of para-hydroxylation sites is 1. The van der Waals surface area contributed by atoms with Crippen molar-refractivity contribution in [3.8, 4) is 0 Å². The molecule has 2 aromatic rings. The molecule has 0 aliphatic rings. The van der Waals surface area contributed by atoms with Crippen molar-refractivity contribution in [1.82, 2.24) is 5.32 Å². The number of hydrogen-bond acceptors (Lipinski definition) is 4. The highest BCUT2D eigenvalue weighted by Gasteiger charge is 2.31. The second-order valence-electron chi connectivity index (χ2n) is 6.48. The first-order chi connectivity index (χ1) is 13.5. The van der Waals surface area contributed by atoms with E-state index < -0.39 is 18.3 Å². The normalized spacial score (nSPS) is 11.6. The van der Waals surface area contributed by atoms with Crippen molar-refractivity contribution in [2.75, 3.05) is 31.6 Å². The summed E-state index contributed by atoms with van der Waals surface area (Å²) < 4.78 is 44.2. The zero-order chi connectivity index (χ0) is 20.2. The Bertz CT molecular complexity index is 694. The monoisotopic (exact) mass is 396 g/mol. The van der Waals surface area contributed by atoms with Gasteiger partial charge in [0.25, 0.3) is 0 Å². The zero-order valence-corrected chi connectivity index (χ0v) is 15.8. The van der Waals surface area contributed by atoms with Crippen molar-refractivity contribution in [3.63, 3.8) is 0 Å². The molecule has 0 bridgehead atoms. The van der Waals surface area contributed by atoms with Crippen LogP contribution in [0.4, 0.5) is 18.9 Å². The van der Waals surface area contributed by atoms with Gasteiger partial charge in [-0.25, -0.2) is 0 Å². The van der Waals surface area contributed by atoms with Crippen molar-refractivity contribution in [3.05, 3.63) is 65.2 Å².